The highest BCUT2D eigenvalue weighted by Crippen LogP contribution is 2.34. The van der Waals surface area contributed by atoms with E-state index in [9.17, 15) is 4.79 Å². The van der Waals surface area contributed by atoms with Gasteiger partial charge < -0.3 is 15.4 Å². The molecule has 1 rings (SSSR count). The lowest BCUT2D eigenvalue weighted by atomic mass is 9.77. The Morgan fingerprint density at radius 3 is 2.43 bits per heavy atom. The van der Waals surface area contributed by atoms with E-state index in [-0.39, 0.29) is 12.0 Å². The summed E-state index contributed by atoms with van der Waals surface area (Å²) in [5.74, 6) is 0.114. The molecule has 1 fully saturated rings. The van der Waals surface area contributed by atoms with Gasteiger partial charge in [0.15, 0.2) is 0 Å². The number of amides is 1. The SMILES string of the molecule is CCCC(CCC)(C(=O)N1CCCC(OCC)C1)C(N)=S. The summed E-state index contributed by atoms with van der Waals surface area (Å²) < 4.78 is 5.70. The first-order valence-corrected chi connectivity index (χ1v) is 8.63. The number of nitrogens with two attached hydrogens (primary N) is 1. The van der Waals surface area contributed by atoms with Gasteiger partial charge >= 0.3 is 0 Å². The summed E-state index contributed by atoms with van der Waals surface area (Å²) in [5, 5.41) is 0. The van der Waals surface area contributed by atoms with Gasteiger partial charge in [-0.1, -0.05) is 38.9 Å². The molecular formula is C16H30N2O2S. The second kappa shape index (κ2) is 8.69. The van der Waals surface area contributed by atoms with Crippen molar-refractivity contribution in [1.29, 1.82) is 0 Å². The zero-order chi connectivity index (χ0) is 15.9. The third-order valence-electron chi connectivity index (χ3n) is 4.30. The first kappa shape index (κ1) is 18.4. The van der Waals surface area contributed by atoms with Crippen LogP contribution in [0.1, 0.15) is 59.3 Å². The van der Waals surface area contributed by atoms with Crippen LogP contribution >= 0.6 is 12.2 Å². The van der Waals surface area contributed by atoms with E-state index in [1.807, 2.05) is 11.8 Å². The zero-order valence-corrected chi connectivity index (χ0v) is 14.5. The Hall–Kier alpha value is -0.680. The van der Waals surface area contributed by atoms with Gasteiger partial charge in [-0.2, -0.15) is 0 Å². The van der Waals surface area contributed by atoms with Crippen LogP contribution in [-0.2, 0) is 9.53 Å². The van der Waals surface area contributed by atoms with Gasteiger partial charge in [0.1, 0.15) is 0 Å². The van der Waals surface area contributed by atoms with Gasteiger partial charge in [0.05, 0.1) is 16.5 Å². The fourth-order valence-electron chi connectivity index (χ4n) is 3.34. The maximum Gasteiger partial charge on any atom is 0.235 e. The van der Waals surface area contributed by atoms with Gasteiger partial charge in [-0.25, -0.2) is 0 Å². The van der Waals surface area contributed by atoms with Crippen molar-refractivity contribution >= 4 is 23.1 Å². The molecule has 4 nitrogen and oxygen atoms in total. The van der Waals surface area contributed by atoms with E-state index < -0.39 is 5.41 Å². The zero-order valence-electron chi connectivity index (χ0n) is 13.7. The Morgan fingerprint density at radius 2 is 1.95 bits per heavy atom. The quantitative estimate of drug-likeness (QED) is 0.700. The van der Waals surface area contributed by atoms with Crippen LogP contribution in [0.2, 0.25) is 0 Å². The van der Waals surface area contributed by atoms with Gasteiger partial charge in [-0.05, 0) is 32.6 Å². The average molecular weight is 314 g/mol. The second-order valence-corrected chi connectivity index (χ2v) is 6.36. The number of carbonyl (C=O) groups is 1. The van der Waals surface area contributed by atoms with Crippen LogP contribution in [0, 0.1) is 5.41 Å². The van der Waals surface area contributed by atoms with Crippen molar-refractivity contribution < 1.29 is 9.53 Å². The number of ether oxygens (including phenoxy) is 1. The van der Waals surface area contributed by atoms with Gasteiger partial charge in [-0.15, -0.1) is 0 Å². The summed E-state index contributed by atoms with van der Waals surface area (Å²) in [6, 6.07) is 0. The lowest BCUT2D eigenvalue weighted by molar-refractivity contribution is -0.143. The lowest BCUT2D eigenvalue weighted by Gasteiger charge is -2.40. The third-order valence-corrected chi connectivity index (χ3v) is 4.69. The maximum atomic E-state index is 13.1. The molecule has 0 aromatic carbocycles. The Bertz CT molecular complexity index is 352. The van der Waals surface area contributed by atoms with Crippen molar-refractivity contribution in [3.8, 4) is 0 Å². The summed E-state index contributed by atoms with van der Waals surface area (Å²) in [4.78, 5) is 15.4. The third kappa shape index (κ3) is 4.39. The number of thiocarbonyl (C=S) groups is 1. The molecule has 5 heteroatoms. The van der Waals surface area contributed by atoms with Crippen molar-refractivity contribution in [2.24, 2.45) is 11.1 Å². The predicted molar refractivity (Wildman–Crippen MR) is 90.3 cm³/mol. The molecule has 1 heterocycles. The number of carbonyl (C=O) groups excluding carboxylic acids is 1. The van der Waals surface area contributed by atoms with E-state index in [2.05, 4.69) is 13.8 Å². The average Bonchev–Trinajstić information content (AvgIpc) is 2.46. The van der Waals surface area contributed by atoms with Crippen LogP contribution < -0.4 is 5.73 Å². The minimum absolute atomic E-state index is 0.114. The number of piperidine rings is 1. The maximum absolute atomic E-state index is 13.1. The number of rotatable bonds is 8. The van der Waals surface area contributed by atoms with E-state index in [4.69, 9.17) is 22.7 Å². The van der Waals surface area contributed by atoms with Crippen LogP contribution in [0.15, 0.2) is 0 Å². The molecule has 1 atom stereocenters. The fourth-order valence-corrected chi connectivity index (χ4v) is 3.63. The first-order valence-electron chi connectivity index (χ1n) is 8.22. The minimum Gasteiger partial charge on any atom is -0.392 e. The van der Waals surface area contributed by atoms with Crippen molar-refractivity contribution in [2.75, 3.05) is 19.7 Å². The van der Waals surface area contributed by atoms with Crippen LogP contribution in [0.4, 0.5) is 0 Å². The highest BCUT2D eigenvalue weighted by molar-refractivity contribution is 7.80. The molecule has 1 aliphatic rings. The molecular weight excluding hydrogens is 284 g/mol. The molecule has 1 aliphatic heterocycles. The van der Waals surface area contributed by atoms with Gasteiger partial charge in [0.25, 0.3) is 0 Å². The number of nitrogens with zero attached hydrogens (tertiary/aromatic N) is 1. The van der Waals surface area contributed by atoms with Crippen molar-refractivity contribution in [2.45, 2.75) is 65.4 Å². The Kier molecular flexibility index (Phi) is 7.60. The molecule has 21 heavy (non-hydrogen) atoms. The molecule has 122 valence electrons. The predicted octanol–water partition coefficient (Wildman–Crippen LogP) is 2.89. The topological polar surface area (TPSA) is 55.6 Å². The lowest BCUT2D eigenvalue weighted by Crippen LogP contribution is -2.54. The summed E-state index contributed by atoms with van der Waals surface area (Å²) in [6.07, 6.45) is 5.47. The van der Waals surface area contributed by atoms with Crippen molar-refractivity contribution in [3.05, 3.63) is 0 Å². The van der Waals surface area contributed by atoms with E-state index in [1.165, 1.54) is 0 Å². The van der Waals surface area contributed by atoms with E-state index in [0.717, 1.165) is 45.1 Å². The first-order chi connectivity index (χ1) is 10.0. The largest absolute Gasteiger partial charge is 0.392 e. The molecule has 2 N–H and O–H groups in total. The molecule has 0 bridgehead atoms. The van der Waals surface area contributed by atoms with E-state index in [1.54, 1.807) is 0 Å². The van der Waals surface area contributed by atoms with Gasteiger partial charge in [0.2, 0.25) is 5.91 Å². The van der Waals surface area contributed by atoms with E-state index in [0.29, 0.717) is 18.1 Å². The van der Waals surface area contributed by atoms with Crippen LogP contribution in [0.3, 0.4) is 0 Å². The van der Waals surface area contributed by atoms with Crippen LogP contribution in [0.5, 0.6) is 0 Å². The number of hydrogen-bond acceptors (Lipinski definition) is 3. The molecule has 0 aromatic heterocycles. The molecule has 0 saturated carbocycles. The second-order valence-electron chi connectivity index (χ2n) is 5.92. The highest BCUT2D eigenvalue weighted by atomic mass is 32.1. The summed E-state index contributed by atoms with van der Waals surface area (Å²) in [6.45, 7) is 8.31. The van der Waals surface area contributed by atoms with Crippen LogP contribution in [-0.4, -0.2) is 41.6 Å². The monoisotopic (exact) mass is 314 g/mol. The smallest absolute Gasteiger partial charge is 0.235 e. The molecule has 0 aliphatic carbocycles. The summed E-state index contributed by atoms with van der Waals surface area (Å²) >= 11 is 5.29. The number of likely N-dealkylation sites (tertiary alicyclic amines) is 1. The Morgan fingerprint density at radius 1 is 1.33 bits per heavy atom. The number of hydrogen-bond donors (Lipinski definition) is 1. The van der Waals surface area contributed by atoms with Gasteiger partial charge in [0, 0.05) is 19.7 Å². The molecule has 1 amide bonds. The molecule has 0 spiro atoms. The van der Waals surface area contributed by atoms with E-state index >= 15 is 0 Å². The summed E-state index contributed by atoms with van der Waals surface area (Å²) in [5.41, 5.74) is 5.34. The minimum atomic E-state index is -0.660. The molecule has 1 unspecified atom stereocenters. The Labute approximate surface area is 134 Å². The fraction of sp³-hybridized carbons (Fsp3) is 0.875. The van der Waals surface area contributed by atoms with Crippen LogP contribution in [0.25, 0.3) is 0 Å². The van der Waals surface area contributed by atoms with Gasteiger partial charge in [-0.3, -0.25) is 4.79 Å². The molecule has 0 radical (unpaired) electrons. The Balaban J connectivity index is 2.90. The van der Waals surface area contributed by atoms with Crippen molar-refractivity contribution in [1.82, 2.24) is 4.90 Å². The van der Waals surface area contributed by atoms with Crippen molar-refractivity contribution in [3.63, 3.8) is 0 Å². The molecule has 1 saturated heterocycles. The molecule has 0 aromatic rings. The summed E-state index contributed by atoms with van der Waals surface area (Å²) in [7, 11) is 0. The highest BCUT2D eigenvalue weighted by Gasteiger charge is 2.43. The standard InChI is InChI=1S/C16H30N2O2S/c1-4-9-16(10-5-2,14(17)21)15(19)18-11-7-8-13(12-18)20-6-3/h13H,4-12H2,1-3H3,(H2,17,21). The normalized spacial score (nSPS) is 19.6.